The zero-order valence-electron chi connectivity index (χ0n) is 6.14. The molecule has 0 aliphatic carbocycles. The van der Waals surface area contributed by atoms with Crippen LogP contribution < -0.4 is 5.32 Å². The predicted octanol–water partition coefficient (Wildman–Crippen LogP) is -1.94. The van der Waals surface area contributed by atoms with Gasteiger partial charge in [-0.05, 0) is 0 Å². The molecule has 4 N–H and O–H groups in total. The number of hydrogen-bond acceptors (Lipinski definition) is 3. The zero-order valence-corrected chi connectivity index (χ0v) is 6.14. The van der Waals surface area contributed by atoms with Gasteiger partial charge in [-0.25, -0.2) is 0 Å². The van der Waals surface area contributed by atoms with Crippen LogP contribution >= 0.6 is 0 Å². The van der Waals surface area contributed by atoms with Crippen molar-refractivity contribution in [3.8, 4) is 0 Å². The fourth-order valence-electron chi connectivity index (χ4n) is 1.08. The third-order valence-corrected chi connectivity index (χ3v) is 1.63. The molecular weight excluding hydrogens is 132 g/mol. The molecule has 0 atom stereocenters. The SMILES string of the molecule is O.OCCN1CCNCC1. The number of aliphatic hydroxyl groups is 1. The van der Waals surface area contributed by atoms with Crippen LogP contribution in [0.3, 0.4) is 0 Å². The summed E-state index contributed by atoms with van der Waals surface area (Å²) in [6.07, 6.45) is 0. The molecule has 1 rings (SSSR count). The summed E-state index contributed by atoms with van der Waals surface area (Å²) in [5, 5.41) is 11.8. The Hall–Kier alpha value is -0.160. The van der Waals surface area contributed by atoms with Crippen LogP contribution in [0.4, 0.5) is 0 Å². The third-order valence-electron chi connectivity index (χ3n) is 1.63. The summed E-state index contributed by atoms with van der Waals surface area (Å²) >= 11 is 0. The van der Waals surface area contributed by atoms with E-state index in [1.165, 1.54) is 0 Å². The molecule has 0 amide bonds. The molecule has 0 aromatic rings. The van der Waals surface area contributed by atoms with Gasteiger partial charge in [0.05, 0.1) is 6.61 Å². The normalized spacial score (nSPS) is 20.1. The highest BCUT2D eigenvalue weighted by Gasteiger charge is 2.06. The van der Waals surface area contributed by atoms with Crippen LogP contribution in [0.15, 0.2) is 0 Å². The summed E-state index contributed by atoms with van der Waals surface area (Å²) in [5.41, 5.74) is 0. The molecule has 0 aromatic carbocycles. The fraction of sp³-hybridized carbons (Fsp3) is 1.00. The molecule has 1 heterocycles. The average molecular weight is 148 g/mol. The number of nitrogens with one attached hydrogen (secondary N) is 1. The Bertz CT molecular complexity index is 71.4. The van der Waals surface area contributed by atoms with E-state index in [1.54, 1.807) is 0 Å². The Morgan fingerprint density at radius 2 is 1.90 bits per heavy atom. The summed E-state index contributed by atoms with van der Waals surface area (Å²) in [7, 11) is 0. The van der Waals surface area contributed by atoms with Gasteiger partial charge in [0.2, 0.25) is 0 Å². The molecule has 0 radical (unpaired) electrons. The lowest BCUT2D eigenvalue weighted by atomic mass is 10.4. The minimum Gasteiger partial charge on any atom is -0.412 e. The molecule has 0 spiro atoms. The fourth-order valence-corrected chi connectivity index (χ4v) is 1.08. The van der Waals surface area contributed by atoms with E-state index in [-0.39, 0.29) is 5.48 Å². The van der Waals surface area contributed by atoms with Crippen molar-refractivity contribution in [2.75, 3.05) is 39.3 Å². The van der Waals surface area contributed by atoms with Crippen molar-refractivity contribution in [1.82, 2.24) is 10.2 Å². The number of nitrogens with zero attached hydrogens (tertiary/aromatic N) is 1. The van der Waals surface area contributed by atoms with Gasteiger partial charge < -0.3 is 15.9 Å². The number of piperazine rings is 1. The standard InChI is InChI=1S/C6H14N2O.H2O/c9-6-5-8-3-1-7-2-4-8;/h7,9H,1-6H2;1H2. The van der Waals surface area contributed by atoms with Crippen molar-refractivity contribution in [2.24, 2.45) is 0 Å². The van der Waals surface area contributed by atoms with Crippen molar-refractivity contribution < 1.29 is 10.6 Å². The molecule has 1 saturated heterocycles. The highest BCUT2D eigenvalue weighted by molar-refractivity contribution is 4.66. The van der Waals surface area contributed by atoms with E-state index in [0.717, 1.165) is 32.7 Å². The van der Waals surface area contributed by atoms with Gasteiger partial charge in [0.1, 0.15) is 0 Å². The van der Waals surface area contributed by atoms with Gasteiger partial charge in [0.15, 0.2) is 0 Å². The average Bonchev–Trinajstić information content (AvgIpc) is 1.91. The lowest BCUT2D eigenvalue weighted by molar-refractivity contribution is 0.180. The Morgan fingerprint density at radius 1 is 1.30 bits per heavy atom. The van der Waals surface area contributed by atoms with Gasteiger partial charge in [-0.1, -0.05) is 0 Å². The quantitative estimate of drug-likeness (QED) is 0.479. The van der Waals surface area contributed by atoms with E-state index in [0.29, 0.717) is 6.61 Å². The summed E-state index contributed by atoms with van der Waals surface area (Å²) in [5.74, 6) is 0. The molecule has 62 valence electrons. The predicted molar refractivity (Wildman–Crippen MR) is 40.0 cm³/mol. The number of aliphatic hydroxyl groups excluding tert-OH is 1. The van der Waals surface area contributed by atoms with E-state index in [4.69, 9.17) is 5.11 Å². The van der Waals surface area contributed by atoms with Crippen molar-refractivity contribution in [2.45, 2.75) is 0 Å². The summed E-state index contributed by atoms with van der Waals surface area (Å²) < 4.78 is 0. The van der Waals surface area contributed by atoms with Crippen LogP contribution in [-0.4, -0.2) is 54.8 Å². The minimum absolute atomic E-state index is 0. The van der Waals surface area contributed by atoms with E-state index in [1.807, 2.05) is 0 Å². The van der Waals surface area contributed by atoms with Crippen molar-refractivity contribution >= 4 is 0 Å². The minimum atomic E-state index is 0. The van der Waals surface area contributed by atoms with Gasteiger partial charge in [-0.3, -0.25) is 4.90 Å². The lowest BCUT2D eigenvalue weighted by Crippen LogP contribution is -2.44. The van der Waals surface area contributed by atoms with Gasteiger partial charge in [0.25, 0.3) is 0 Å². The summed E-state index contributed by atoms with van der Waals surface area (Å²) in [4.78, 5) is 2.26. The molecule has 4 nitrogen and oxygen atoms in total. The second kappa shape index (κ2) is 5.61. The lowest BCUT2D eigenvalue weighted by Gasteiger charge is -2.25. The third kappa shape index (κ3) is 3.12. The maximum absolute atomic E-state index is 8.56. The first-order chi connectivity index (χ1) is 4.43. The summed E-state index contributed by atoms with van der Waals surface area (Å²) in [6, 6.07) is 0. The van der Waals surface area contributed by atoms with Crippen molar-refractivity contribution in [3.05, 3.63) is 0 Å². The first-order valence-electron chi connectivity index (χ1n) is 3.47. The Morgan fingerprint density at radius 3 is 2.40 bits per heavy atom. The molecule has 0 saturated carbocycles. The van der Waals surface area contributed by atoms with E-state index in [2.05, 4.69) is 10.2 Å². The maximum atomic E-state index is 8.56. The number of β-amino-alcohol motifs (C(OH)–C–C–N with tert-alkyl or cyclic N) is 1. The van der Waals surface area contributed by atoms with Crippen molar-refractivity contribution in [3.63, 3.8) is 0 Å². The van der Waals surface area contributed by atoms with E-state index < -0.39 is 0 Å². The monoisotopic (exact) mass is 148 g/mol. The molecule has 0 aromatic heterocycles. The number of hydrogen-bond donors (Lipinski definition) is 2. The molecule has 1 fully saturated rings. The van der Waals surface area contributed by atoms with Crippen LogP contribution in [0.1, 0.15) is 0 Å². The maximum Gasteiger partial charge on any atom is 0.0558 e. The second-order valence-electron chi connectivity index (χ2n) is 2.32. The Balaban J connectivity index is 0.000000810. The summed E-state index contributed by atoms with van der Waals surface area (Å²) in [6.45, 7) is 5.43. The molecular formula is C6H16N2O2. The smallest absolute Gasteiger partial charge is 0.0558 e. The zero-order chi connectivity index (χ0) is 6.53. The van der Waals surface area contributed by atoms with Gasteiger partial charge in [-0.2, -0.15) is 0 Å². The molecule has 0 bridgehead atoms. The van der Waals surface area contributed by atoms with E-state index >= 15 is 0 Å². The second-order valence-corrected chi connectivity index (χ2v) is 2.32. The first-order valence-corrected chi connectivity index (χ1v) is 3.47. The highest BCUT2D eigenvalue weighted by Crippen LogP contribution is 1.88. The van der Waals surface area contributed by atoms with Crippen LogP contribution in [0.25, 0.3) is 0 Å². The topological polar surface area (TPSA) is 67.0 Å². The van der Waals surface area contributed by atoms with Crippen LogP contribution in [0, 0.1) is 0 Å². The van der Waals surface area contributed by atoms with Crippen LogP contribution in [0.2, 0.25) is 0 Å². The van der Waals surface area contributed by atoms with Crippen molar-refractivity contribution in [1.29, 1.82) is 0 Å². The Labute approximate surface area is 61.1 Å². The van der Waals surface area contributed by atoms with Crippen LogP contribution in [0.5, 0.6) is 0 Å². The Kier molecular flexibility index (Phi) is 5.52. The molecule has 10 heavy (non-hydrogen) atoms. The number of rotatable bonds is 2. The highest BCUT2D eigenvalue weighted by atomic mass is 16.3. The van der Waals surface area contributed by atoms with Gasteiger partial charge >= 0.3 is 0 Å². The van der Waals surface area contributed by atoms with Crippen LogP contribution in [-0.2, 0) is 0 Å². The molecule has 4 heteroatoms. The van der Waals surface area contributed by atoms with Gasteiger partial charge in [-0.15, -0.1) is 0 Å². The van der Waals surface area contributed by atoms with E-state index in [9.17, 15) is 0 Å². The van der Waals surface area contributed by atoms with Gasteiger partial charge in [0, 0.05) is 32.7 Å². The first kappa shape index (κ1) is 9.84. The molecule has 1 aliphatic heterocycles. The molecule has 0 unspecified atom stereocenters. The molecule has 1 aliphatic rings. The largest absolute Gasteiger partial charge is 0.412 e.